The van der Waals surface area contributed by atoms with E-state index in [9.17, 15) is 19.8 Å². The monoisotopic (exact) mass is 372 g/mol. The van der Waals surface area contributed by atoms with Gasteiger partial charge in [-0.1, -0.05) is 0 Å². The lowest BCUT2D eigenvalue weighted by Gasteiger charge is -2.31. The summed E-state index contributed by atoms with van der Waals surface area (Å²) < 4.78 is 24.2. The quantitative estimate of drug-likeness (QED) is 0.592. The maximum Gasteiger partial charge on any atom is 0.330 e. The fourth-order valence-corrected chi connectivity index (χ4v) is 3.45. The summed E-state index contributed by atoms with van der Waals surface area (Å²) in [6.07, 6.45) is -4.36. The molecule has 2 aliphatic heterocycles. The highest BCUT2D eigenvalue weighted by Crippen LogP contribution is 2.39. The van der Waals surface area contributed by atoms with Crippen LogP contribution in [0.3, 0.4) is 0 Å². The summed E-state index contributed by atoms with van der Waals surface area (Å²) in [6.45, 7) is 4.44. The molecule has 6 atom stereocenters. The molecule has 2 saturated heterocycles. The van der Waals surface area contributed by atoms with Crippen molar-refractivity contribution in [3.8, 4) is 0 Å². The maximum absolute atomic E-state index is 12.3. The second-order valence-corrected chi connectivity index (χ2v) is 6.98. The fraction of sp³-hybridized carbons (Fsp3) is 0.750. The summed E-state index contributed by atoms with van der Waals surface area (Å²) in [7, 11) is 1.42. The number of nitrogens with zero attached hydrogens (tertiary/aromatic N) is 1. The van der Waals surface area contributed by atoms with E-state index < -0.39 is 60.4 Å². The van der Waals surface area contributed by atoms with Crippen molar-refractivity contribution >= 4 is 0 Å². The molecular formula is C16H24N2O8. The molecule has 10 heteroatoms. The van der Waals surface area contributed by atoms with Gasteiger partial charge in [-0.25, -0.2) is 4.79 Å². The molecule has 4 unspecified atom stereocenters. The fourth-order valence-electron chi connectivity index (χ4n) is 3.45. The molecular weight excluding hydrogens is 348 g/mol. The number of methoxy groups -OCH3 is 1. The van der Waals surface area contributed by atoms with E-state index >= 15 is 0 Å². The van der Waals surface area contributed by atoms with Gasteiger partial charge in [0.15, 0.2) is 12.0 Å². The Labute approximate surface area is 149 Å². The lowest BCUT2D eigenvalue weighted by atomic mass is 10.0. The number of hydrogen-bond donors (Lipinski definition) is 3. The van der Waals surface area contributed by atoms with Crippen LogP contribution in [0, 0.1) is 6.92 Å². The number of aromatic amines is 1. The van der Waals surface area contributed by atoms with Crippen LogP contribution >= 0.6 is 0 Å². The normalized spacial score (nSPS) is 36.5. The Morgan fingerprint density at radius 1 is 1.31 bits per heavy atom. The zero-order chi connectivity index (χ0) is 19.2. The second-order valence-electron chi connectivity index (χ2n) is 6.98. The summed E-state index contributed by atoms with van der Waals surface area (Å²) in [4.78, 5) is 26.2. The molecule has 0 aromatic carbocycles. The highest BCUT2D eigenvalue weighted by Gasteiger charge is 2.55. The van der Waals surface area contributed by atoms with Crippen LogP contribution in [0.4, 0.5) is 0 Å². The van der Waals surface area contributed by atoms with Gasteiger partial charge in [-0.15, -0.1) is 0 Å². The van der Waals surface area contributed by atoms with E-state index in [4.69, 9.17) is 18.9 Å². The van der Waals surface area contributed by atoms with Gasteiger partial charge < -0.3 is 29.2 Å². The van der Waals surface area contributed by atoms with E-state index in [-0.39, 0.29) is 0 Å². The molecule has 1 aromatic heterocycles. The number of rotatable bonds is 3. The zero-order valence-electron chi connectivity index (χ0n) is 15.0. The molecule has 0 amide bonds. The first-order valence-electron chi connectivity index (χ1n) is 8.33. The number of aromatic nitrogens is 2. The van der Waals surface area contributed by atoms with Crippen molar-refractivity contribution in [2.45, 2.75) is 63.3 Å². The number of aliphatic hydroxyl groups is 2. The van der Waals surface area contributed by atoms with Crippen molar-refractivity contribution in [3.05, 3.63) is 32.6 Å². The first-order chi connectivity index (χ1) is 12.2. The third-order valence-corrected chi connectivity index (χ3v) is 4.67. The van der Waals surface area contributed by atoms with Gasteiger partial charge in [-0.3, -0.25) is 14.3 Å². The molecule has 3 rings (SSSR count). The predicted octanol–water partition coefficient (Wildman–Crippen LogP) is -1.37. The minimum Gasteiger partial charge on any atom is -0.394 e. The van der Waals surface area contributed by atoms with E-state index in [1.54, 1.807) is 20.8 Å². The minimum absolute atomic E-state index is 0.300. The first-order valence-corrected chi connectivity index (χ1v) is 8.33. The van der Waals surface area contributed by atoms with Crippen molar-refractivity contribution < 1.29 is 29.2 Å². The van der Waals surface area contributed by atoms with Crippen molar-refractivity contribution in [2.24, 2.45) is 0 Å². The molecule has 0 spiro atoms. The molecule has 0 aliphatic carbocycles. The Hall–Kier alpha value is -1.56. The van der Waals surface area contributed by atoms with Crippen LogP contribution < -0.4 is 11.2 Å². The van der Waals surface area contributed by atoms with E-state index in [0.717, 1.165) is 4.57 Å². The van der Waals surface area contributed by atoms with Crippen LogP contribution in [0.1, 0.15) is 25.6 Å². The van der Waals surface area contributed by atoms with Gasteiger partial charge >= 0.3 is 5.69 Å². The zero-order valence-corrected chi connectivity index (χ0v) is 15.0. The summed E-state index contributed by atoms with van der Waals surface area (Å²) in [6, 6.07) is 0. The Bertz CT molecular complexity index is 772. The van der Waals surface area contributed by atoms with E-state index in [0.29, 0.717) is 5.56 Å². The second kappa shape index (κ2) is 6.87. The molecule has 26 heavy (non-hydrogen) atoms. The van der Waals surface area contributed by atoms with Crippen molar-refractivity contribution in [1.82, 2.24) is 9.55 Å². The van der Waals surface area contributed by atoms with Gasteiger partial charge in [0.05, 0.1) is 6.61 Å². The van der Waals surface area contributed by atoms with Crippen LogP contribution in [-0.2, 0) is 18.9 Å². The highest BCUT2D eigenvalue weighted by atomic mass is 16.8. The molecule has 3 heterocycles. The molecule has 3 N–H and O–H groups in total. The van der Waals surface area contributed by atoms with Gasteiger partial charge in [-0.05, 0) is 20.8 Å². The van der Waals surface area contributed by atoms with E-state index in [1.807, 2.05) is 0 Å². The average molecular weight is 372 g/mol. The molecule has 2 aliphatic rings. The van der Waals surface area contributed by atoms with Crippen molar-refractivity contribution in [1.29, 1.82) is 0 Å². The number of fused-ring (bicyclic) bond motifs is 1. The van der Waals surface area contributed by atoms with Gasteiger partial charge in [-0.2, -0.15) is 0 Å². The summed E-state index contributed by atoms with van der Waals surface area (Å²) in [5.41, 5.74) is -0.906. The number of H-pyrrole nitrogens is 1. The Morgan fingerprint density at radius 3 is 2.58 bits per heavy atom. The van der Waals surface area contributed by atoms with Gasteiger partial charge in [0.1, 0.15) is 30.5 Å². The highest BCUT2D eigenvalue weighted by molar-refractivity contribution is 5.04. The number of nitrogens with one attached hydrogen (secondary N) is 1. The standard InChI is InChI=1S/C16H24N2O8/c1-7-5-18(15(22)17-13(7)21)14-12(23-4)11-10(25-16(2,3)26-11)9(20)8(6-19)24-14/h5,8-12,14,19-20H,6H2,1-4H3,(H,17,21,22)/t8?,9-,10?,11?,12?,14-/m1/s1. The predicted molar refractivity (Wildman–Crippen MR) is 87.7 cm³/mol. The van der Waals surface area contributed by atoms with Gasteiger partial charge in [0.25, 0.3) is 5.56 Å². The lowest BCUT2D eigenvalue weighted by Crippen LogP contribution is -2.47. The maximum atomic E-state index is 12.3. The molecule has 0 radical (unpaired) electrons. The SMILES string of the molecule is COC1C2OC(C)(C)OC2[C@H](O)C(CO)O[C@H]1n1cc(C)c(=O)[nH]c1=O. The van der Waals surface area contributed by atoms with Gasteiger partial charge in [0, 0.05) is 18.9 Å². The summed E-state index contributed by atoms with van der Waals surface area (Å²) in [5.74, 6) is -0.985. The van der Waals surface area contributed by atoms with Crippen molar-refractivity contribution in [2.75, 3.05) is 13.7 Å². The first kappa shape index (κ1) is 19.2. The van der Waals surface area contributed by atoms with E-state index in [1.165, 1.54) is 13.3 Å². The Morgan fingerprint density at radius 2 is 1.96 bits per heavy atom. The summed E-state index contributed by atoms with van der Waals surface area (Å²) in [5, 5.41) is 20.3. The number of hydrogen-bond acceptors (Lipinski definition) is 8. The smallest absolute Gasteiger partial charge is 0.330 e. The molecule has 146 valence electrons. The molecule has 0 saturated carbocycles. The van der Waals surface area contributed by atoms with Crippen molar-refractivity contribution in [3.63, 3.8) is 0 Å². The van der Waals surface area contributed by atoms with Crippen LogP contribution in [0.15, 0.2) is 15.8 Å². The summed E-state index contributed by atoms with van der Waals surface area (Å²) >= 11 is 0. The minimum atomic E-state index is -1.20. The lowest BCUT2D eigenvalue weighted by molar-refractivity contribution is -0.212. The Kier molecular flexibility index (Phi) is 5.08. The van der Waals surface area contributed by atoms with Crippen LogP contribution in [0.25, 0.3) is 0 Å². The topological polar surface area (TPSA) is 132 Å². The molecule has 2 fully saturated rings. The molecule has 1 aromatic rings. The van der Waals surface area contributed by atoms with Crippen LogP contribution in [-0.4, -0.2) is 69.8 Å². The molecule has 0 bridgehead atoms. The number of ether oxygens (including phenoxy) is 4. The van der Waals surface area contributed by atoms with Crippen LogP contribution in [0.5, 0.6) is 0 Å². The third kappa shape index (κ3) is 3.24. The Balaban J connectivity index is 2.10. The number of aliphatic hydroxyl groups excluding tert-OH is 2. The number of aryl methyl sites for hydroxylation is 1. The van der Waals surface area contributed by atoms with Gasteiger partial charge in [0.2, 0.25) is 0 Å². The van der Waals surface area contributed by atoms with Crippen LogP contribution in [0.2, 0.25) is 0 Å². The molecule has 10 nitrogen and oxygen atoms in total. The largest absolute Gasteiger partial charge is 0.394 e. The van der Waals surface area contributed by atoms with E-state index in [2.05, 4.69) is 4.98 Å². The average Bonchev–Trinajstić information content (AvgIpc) is 2.85. The third-order valence-electron chi connectivity index (χ3n) is 4.67.